The fourth-order valence-electron chi connectivity index (χ4n) is 3.16. The molecule has 0 aliphatic carbocycles. The first-order valence-corrected chi connectivity index (χ1v) is 7.04. The Bertz CT molecular complexity index is 443. The van der Waals surface area contributed by atoms with Crippen LogP contribution in [-0.2, 0) is 0 Å². The smallest absolute Gasteiger partial charge is 0.128 e. The summed E-state index contributed by atoms with van der Waals surface area (Å²) >= 11 is 0. The maximum absolute atomic E-state index is 4.81. The first-order chi connectivity index (χ1) is 8.61. The summed E-state index contributed by atoms with van der Waals surface area (Å²) in [6.07, 6.45) is 2.64. The van der Waals surface area contributed by atoms with Crippen LogP contribution in [0.5, 0.6) is 0 Å². The van der Waals surface area contributed by atoms with Gasteiger partial charge in [0.1, 0.15) is 5.82 Å². The average molecular weight is 245 g/mol. The number of likely N-dealkylation sites (tertiary alicyclic amines) is 1. The average Bonchev–Trinajstić information content (AvgIpc) is 2.85. The zero-order valence-electron chi connectivity index (χ0n) is 11.7. The number of likely N-dealkylation sites (N-methyl/N-ethyl adjacent to an activating group) is 1. The molecule has 1 atom stereocenters. The predicted octanol–water partition coefficient (Wildman–Crippen LogP) is 2.49. The normalized spacial score (nSPS) is 28.1. The molecule has 3 heterocycles. The van der Waals surface area contributed by atoms with E-state index in [4.69, 9.17) is 4.98 Å². The molecule has 1 aromatic rings. The van der Waals surface area contributed by atoms with Gasteiger partial charge in [0.15, 0.2) is 0 Å². The molecule has 2 aliphatic rings. The van der Waals surface area contributed by atoms with Crippen LogP contribution in [0.2, 0.25) is 0 Å². The second kappa shape index (κ2) is 4.23. The molecule has 18 heavy (non-hydrogen) atoms. The molecule has 2 saturated heterocycles. The molecule has 0 bridgehead atoms. The van der Waals surface area contributed by atoms with Gasteiger partial charge in [-0.25, -0.2) is 4.98 Å². The lowest BCUT2D eigenvalue weighted by molar-refractivity contribution is 0.0307. The highest BCUT2D eigenvalue weighted by molar-refractivity contribution is 5.43. The van der Waals surface area contributed by atoms with E-state index in [2.05, 4.69) is 48.9 Å². The van der Waals surface area contributed by atoms with Crippen LogP contribution in [0.3, 0.4) is 0 Å². The number of aromatic nitrogens is 1. The van der Waals surface area contributed by atoms with Crippen LogP contribution in [0.1, 0.15) is 38.3 Å². The summed E-state index contributed by atoms with van der Waals surface area (Å²) in [5.74, 6) is 1.67. The second-order valence-electron chi connectivity index (χ2n) is 6.14. The minimum atomic E-state index is 0.454. The van der Waals surface area contributed by atoms with Crippen molar-refractivity contribution in [2.24, 2.45) is 0 Å². The lowest BCUT2D eigenvalue weighted by Crippen LogP contribution is -2.59. The van der Waals surface area contributed by atoms with Gasteiger partial charge in [-0.05, 0) is 37.9 Å². The summed E-state index contributed by atoms with van der Waals surface area (Å²) in [5.41, 5.74) is 1.66. The Morgan fingerprint density at radius 1 is 1.22 bits per heavy atom. The third-order valence-corrected chi connectivity index (χ3v) is 4.73. The fourth-order valence-corrected chi connectivity index (χ4v) is 3.16. The van der Waals surface area contributed by atoms with Gasteiger partial charge in [-0.1, -0.05) is 19.9 Å². The molecule has 0 radical (unpaired) electrons. The highest BCUT2D eigenvalue weighted by Gasteiger charge is 2.47. The molecule has 0 N–H and O–H groups in total. The Labute approximate surface area is 110 Å². The number of hydrogen-bond donors (Lipinski definition) is 0. The van der Waals surface area contributed by atoms with Gasteiger partial charge in [-0.2, -0.15) is 0 Å². The van der Waals surface area contributed by atoms with E-state index in [-0.39, 0.29) is 0 Å². The summed E-state index contributed by atoms with van der Waals surface area (Å²) in [7, 11) is 2.25. The lowest BCUT2D eigenvalue weighted by atomic mass is 9.85. The molecule has 98 valence electrons. The van der Waals surface area contributed by atoms with Crippen molar-refractivity contribution in [3.8, 4) is 0 Å². The molecule has 3 heteroatoms. The maximum atomic E-state index is 4.81. The van der Waals surface area contributed by atoms with Crippen molar-refractivity contribution in [1.29, 1.82) is 0 Å². The minimum absolute atomic E-state index is 0.454. The van der Waals surface area contributed by atoms with Crippen LogP contribution in [0.15, 0.2) is 18.2 Å². The predicted molar refractivity (Wildman–Crippen MR) is 75.1 cm³/mol. The molecule has 2 aliphatic heterocycles. The van der Waals surface area contributed by atoms with E-state index in [1.807, 2.05) is 0 Å². The molecular formula is C15H23N3. The van der Waals surface area contributed by atoms with E-state index in [0.717, 1.165) is 13.1 Å². The number of hydrogen-bond acceptors (Lipinski definition) is 3. The fraction of sp³-hybridized carbons (Fsp3) is 0.667. The maximum Gasteiger partial charge on any atom is 0.128 e. The number of rotatable bonds is 2. The monoisotopic (exact) mass is 245 g/mol. The van der Waals surface area contributed by atoms with Gasteiger partial charge < -0.3 is 4.90 Å². The Hall–Kier alpha value is -1.09. The second-order valence-corrected chi connectivity index (χ2v) is 6.14. The van der Waals surface area contributed by atoms with Crippen LogP contribution in [-0.4, -0.2) is 42.1 Å². The largest absolute Gasteiger partial charge is 0.355 e. The quantitative estimate of drug-likeness (QED) is 0.798. The highest BCUT2D eigenvalue weighted by atomic mass is 15.3. The van der Waals surface area contributed by atoms with Crippen molar-refractivity contribution in [3.05, 3.63) is 23.9 Å². The van der Waals surface area contributed by atoms with Crippen molar-refractivity contribution in [2.75, 3.05) is 31.6 Å². The molecule has 1 spiro atoms. The Kier molecular flexibility index (Phi) is 2.81. The molecule has 0 amide bonds. The zero-order chi connectivity index (χ0) is 12.8. The third-order valence-electron chi connectivity index (χ3n) is 4.73. The van der Waals surface area contributed by atoms with E-state index in [1.54, 1.807) is 0 Å². The van der Waals surface area contributed by atoms with Gasteiger partial charge in [0, 0.05) is 30.9 Å². The molecule has 3 rings (SSSR count). The van der Waals surface area contributed by atoms with Gasteiger partial charge in [0.2, 0.25) is 0 Å². The summed E-state index contributed by atoms with van der Waals surface area (Å²) in [6, 6.07) is 6.44. The SMILES string of the molecule is CC(C)c1cccc(N2CC[C@]3(CCN3C)C2)n1. The Balaban J connectivity index is 1.78. The van der Waals surface area contributed by atoms with E-state index in [9.17, 15) is 0 Å². The number of nitrogens with zero attached hydrogens (tertiary/aromatic N) is 3. The van der Waals surface area contributed by atoms with E-state index < -0.39 is 0 Å². The lowest BCUT2D eigenvalue weighted by Gasteiger charge is -2.48. The van der Waals surface area contributed by atoms with Crippen LogP contribution in [0.4, 0.5) is 5.82 Å². The van der Waals surface area contributed by atoms with Gasteiger partial charge in [0.05, 0.1) is 0 Å². The third kappa shape index (κ3) is 1.81. The van der Waals surface area contributed by atoms with E-state index in [1.165, 1.54) is 30.9 Å². The number of anilines is 1. The van der Waals surface area contributed by atoms with E-state index >= 15 is 0 Å². The van der Waals surface area contributed by atoms with Crippen molar-refractivity contribution >= 4 is 5.82 Å². The van der Waals surface area contributed by atoms with Crippen molar-refractivity contribution in [2.45, 2.75) is 38.1 Å². The van der Waals surface area contributed by atoms with Gasteiger partial charge in [0.25, 0.3) is 0 Å². The van der Waals surface area contributed by atoms with E-state index in [0.29, 0.717) is 11.5 Å². The van der Waals surface area contributed by atoms with Crippen LogP contribution >= 0.6 is 0 Å². The standard InChI is InChI=1S/C15H23N3/c1-12(2)13-5-4-6-14(16-13)18-10-8-15(11-18)7-9-17(15)3/h4-6,12H,7-11H2,1-3H3/t15-/m1/s1. The first-order valence-electron chi connectivity index (χ1n) is 7.04. The minimum Gasteiger partial charge on any atom is -0.355 e. The summed E-state index contributed by atoms with van der Waals surface area (Å²) < 4.78 is 0. The van der Waals surface area contributed by atoms with Gasteiger partial charge in [-0.15, -0.1) is 0 Å². The highest BCUT2D eigenvalue weighted by Crippen LogP contribution is 2.39. The summed E-state index contributed by atoms with van der Waals surface area (Å²) in [5, 5.41) is 0. The van der Waals surface area contributed by atoms with Crippen LogP contribution < -0.4 is 4.90 Å². The molecule has 0 unspecified atom stereocenters. The summed E-state index contributed by atoms with van der Waals surface area (Å²) in [4.78, 5) is 9.78. The molecule has 1 aromatic heterocycles. The van der Waals surface area contributed by atoms with Gasteiger partial charge in [-0.3, -0.25) is 4.90 Å². The molecule has 0 saturated carbocycles. The van der Waals surface area contributed by atoms with Crippen molar-refractivity contribution in [3.63, 3.8) is 0 Å². The number of pyridine rings is 1. The topological polar surface area (TPSA) is 19.4 Å². The molecule has 0 aromatic carbocycles. The van der Waals surface area contributed by atoms with Crippen molar-refractivity contribution < 1.29 is 0 Å². The molecule has 3 nitrogen and oxygen atoms in total. The molecule has 2 fully saturated rings. The van der Waals surface area contributed by atoms with Crippen molar-refractivity contribution in [1.82, 2.24) is 9.88 Å². The first kappa shape index (κ1) is 12.0. The van der Waals surface area contributed by atoms with Gasteiger partial charge >= 0.3 is 0 Å². The Morgan fingerprint density at radius 3 is 2.56 bits per heavy atom. The Morgan fingerprint density at radius 2 is 2.00 bits per heavy atom. The molecular weight excluding hydrogens is 222 g/mol. The van der Waals surface area contributed by atoms with Crippen LogP contribution in [0.25, 0.3) is 0 Å². The summed E-state index contributed by atoms with van der Waals surface area (Å²) in [6.45, 7) is 7.97. The zero-order valence-corrected chi connectivity index (χ0v) is 11.7. The van der Waals surface area contributed by atoms with Crippen LogP contribution in [0, 0.1) is 0 Å².